The van der Waals surface area contributed by atoms with Crippen LogP contribution in [0.3, 0.4) is 0 Å². The first kappa shape index (κ1) is 16.2. The van der Waals surface area contributed by atoms with Crippen molar-refractivity contribution in [1.82, 2.24) is 0 Å². The average molecular weight is 324 g/mol. The van der Waals surface area contributed by atoms with Crippen molar-refractivity contribution in [3.05, 3.63) is 28.7 Å². The molecule has 0 aliphatic carbocycles. The molecule has 0 N–H and O–H groups in total. The molecule has 92 valence electrons. The fourth-order valence-corrected chi connectivity index (χ4v) is 2.16. The molecule has 2 nitrogen and oxygen atoms in total. The molecule has 1 aromatic rings. The highest BCUT2D eigenvalue weighted by Crippen LogP contribution is 2.31. The summed E-state index contributed by atoms with van der Waals surface area (Å²) in [6.07, 6.45) is 0. The molecule has 0 saturated heterocycles. The molecule has 1 aromatic carbocycles. The van der Waals surface area contributed by atoms with E-state index in [0.29, 0.717) is 0 Å². The van der Waals surface area contributed by atoms with Crippen molar-refractivity contribution in [2.24, 2.45) is 0 Å². The van der Waals surface area contributed by atoms with Crippen molar-refractivity contribution >= 4 is 47.3 Å². The lowest BCUT2D eigenvalue weighted by Crippen LogP contribution is -2.19. The fourth-order valence-electron chi connectivity index (χ4n) is 0.915. The minimum atomic E-state index is -0.139. The van der Waals surface area contributed by atoms with Gasteiger partial charge in [-0.3, -0.25) is 8.49 Å². The Balaban J connectivity index is 0.00000225. The molecule has 16 heavy (non-hydrogen) atoms. The van der Waals surface area contributed by atoms with Gasteiger partial charge in [-0.1, -0.05) is 12.1 Å². The van der Waals surface area contributed by atoms with Gasteiger partial charge in [0.05, 0.1) is 11.3 Å². The maximum absolute atomic E-state index is 5.62. The van der Waals surface area contributed by atoms with E-state index in [-0.39, 0.29) is 19.1 Å². The zero-order valence-electron chi connectivity index (χ0n) is 9.95. The highest BCUT2D eigenvalue weighted by molar-refractivity contribution is 9.10. The Morgan fingerprint density at radius 1 is 1.25 bits per heavy atom. The Kier molecular flexibility index (Phi) is 6.86. The van der Waals surface area contributed by atoms with Crippen LogP contribution in [-0.2, 0) is 4.18 Å². The second kappa shape index (κ2) is 6.79. The highest BCUT2D eigenvalue weighted by Gasteiger charge is 2.14. The molecule has 5 heteroatoms. The Labute approximate surface area is 118 Å². The molecule has 0 fully saturated rings. The Hall–Kier alpha value is 0.160. The van der Waals surface area contributed by atoms with Gasteiger partial charge in [-0.15, -0.1) is 0 Å². The summed E-state index contributed by atoms with van der Waals surface area (Å²) in [4.78, 5) is 0. The van der Waals surface area contributed by atoms with Gasteiger partial charge >= 0.3 is 0 Å². The number of para-hydroxylation sites is 1. The van der Waals surface area contributed by atoms with Crippen molar-refractivity contribution in [1.29, 1.82) is 0 Å². The maximum Gasteiger partial charge on any atom is 0.114 e. The number of benzene rings is 1. The molecular weight excluding hydrogens is 306 g/mol. The largest absolute Gasteiger partial charge is 0.295 e. The summed E-state index contributed by atoms with van der Waals surface area (Å²) in [5.41, 5.74) is 0.965. The van der Waals surface area contributed by atoms with Crippen molar-refractivity contribution in [2.75, 3.05) is 11.4 Å². The van der Waals surface area contributed by atoms with Gasteiger partial charge < -0.3 is 0 Å². The molecule has 0 bridgehead atoms. The van der Waals surface area contributed by atoms with Crippen LogP contribution in [0.15, 0.2) is 28.7 Å². The van der Waals surface area contributed by atoms with Crippen molar-refractivity contribution < 1.29 is 4.18 Å². The zero-order valence-corrected chi connectivity index (χ0v) is 13.4. The van der Waals surface area contributed by atoms with Gasteiger partial charge in [-0.25, -0.2) is 0 Å². The van der Waals surface area contributed by atoms with Gasteiger partial charge in [0.15, 0.2) is 0 Å². The molecule has 1 rings (SSSR count). The van der Waals surface area contributed by atoms with E-state index >= 15 is 0 Å². The summed E-state index contributed by atoms with van der Waals surface area (Å²) in [5.74, 6) is 0. The Bertz CT molecular complexity index is 328. The number of anilines is 1. The van der Waals surface area contributed by atoms with Crippen LogP contribution in [0.1, 0.15) is 20.8 Å². The van der Waals surface area contributed by atoms with Gasteiger partial charge in [0, 0.05) is 11.5 Å². The summed E-state index contributed by atoms with van der Waals surface area (Å²) in [6.45, 7) is 6.11. The average Bonchev–Trinajstić information content (AvgIpc) is 2.14. The number of rotatable bonds is 3. The molecular formula is C11H18BrNOS2. The molecule has 0 aliphatic rings. The standard InChI is InChI=1S/C11H16BrNOS.H2S/c1-11(2,3)14-15-13(4)10-8-6-5-7-9(10)12;/h5-8H,1-4H3;1H2. The summed E-state index contributed by atoms with van der Waals surface area (Å²) in [5, 5.41) is 0. The first-order valence-electron chi connectivity index (χ1n) is 4.74. The van der Waals surface area contributed by atoms with E-state index in [2.05, 4.69) is 15.9 Å². The molecule has 0 radical (unpaired) electrons. The number of nitrogens with zero attached hydrogens (tertiary/aromatic N) is 1. The zero-order chi connectivity index (χ0) is 11.5. The van der Waals surface area contributed by atoms with E-state index in [4.69, 9.17) is 4.18 Å². The first-order chi connectivity index (χ1) is 6.90. The van der Waals surface area contributed by atoms with Crippen LogP contribution in [0.5, 0.6) is 0 Å². The lowest BCUT2D eigenvalue weighted by atomic mass is 10.2. The van der Waals surface area contributed by atoms with Crippen molar-refractivity contribution in [2.45, 2.75) is 26.4 Å². The van der Waals surface area contributed by atoms with Gasteiger partial charge in [0.1, 0.15) is 12.2 Å². The topological polar surface area (TPSA) is 12.5 Å². The minimum absolute atomic E-state index is 0. The monoisotopic (exact) mass is 323 g/mol. The Morgan fingerprint density at radius 2 is 1.81 bits per heavy atom. The fraction of sp³-hybridized carbons (Fsp3) is 0.455. The second-order valence-corrected chi connectivity index (χ2v) is 5.94. The SMILES string of the molecule is CN(SOC(C)(C)C)c1ccccc1Br.S. The van der Waals surface area contributed by atoms with Gasteiger partial charge in [-0.05, 0) is 48.8 Å². The molecule has 0 amide bonds. The summed E-state index contributed by atoms with van der Waals surface area (Å²) in [6, 6.07) is 8.07. The number of hydrogen-bond acceptors (Lipinski definition) is 3. The maximum atomic E-state index is 5.62. The molecule has 0 aromatic heterocycles. The van der Waals surface area contributed by atoms with Gasteiger partial charge in [0.25, 0.3) is 0 Å². The predicted octanol–water partition coefficient (Wildman–Crippen LogP) is 4.38. The van der Waals surface area contributed by atoms with Crippen molar-refractivity contribution in [3.63, 3.8) is 0 Å². The second-order valence-electron chi connectivity index (χ2n) is 4.22. The van der Waals surface area contributed by atoms with Crippen LogP contribution in [0.2, 0.25) is 0 Å². The smallest absolute Gasteiger partial charge is 0.114 e. The molecule has 0 spiro atoms. The van der Waals surface area contributed by atoms with Crippen LogP contribution in [0.4, 0.5) is 5.69 Å². The van der Waals surface area contributed by atoms with E-state index in [9.17, 15) is 0 Å². The van der Waals surface area contributed by atoms with Crippen LogP contribution in [0, 0.1) is 0 Å². The molecule has 0 unspecified atom stereocenters. The van der Waals surface area contributed by atoms with E-state index in [1.165, 1.54) is 12.2 Å². The summed E-state index contributed by atoms with van der Waals surface area (Å²) < 4.78 is 8.68. The van der Waals surface area contributed by atoms with E-state index in [0.717, 1.165) is 10.2 Å². The number of halogens is 1. The minimum Gasteiger partial charge on any atom is -0.295 e. The predicted molar refractivity (Wildman–Crippen MR) is 81.4 cm³/mol. The molecule has 0 aliphatic heterocycles. The quantitative estimate of drug-likeness (QED) is 0.605. The normalized spacial score (nSPS) is 10.8. The van der Waals surface area contributed by atoms with E-state index < -0.39 is 0 Å². The number of hydrogen-bond donors (Lipinski definition) is 0. The van der Waals surface area contributed by atoms with Crippen LogP contribution >= 0.6 is 41.7 Å². The molecule has 0 atom stereocenters. The molecule has 0 heterocycles. The van der Waals surface area contributed by atoms with Crippen LogP contribution < -0.4 is 4.31 Å². The summed E-state index contributed by atoms with van der Waals surface area (Å²) in [7, 11) is 1.98. The lowest BCUT2D eigenvalue weighted by Gasteiger charge is -2.24. The van der Waals surface area contributed by atoms with Crippen molar-refractivity contribution in [3.8, 4) is 0 Å². The third kappa shape index (κ3) is 5.48. The first-order valence-corrected chi connectivity index (χ1v) is 6.23. The Morgan fingerprint density at radius 3 is 2.31 bits per heavy atom. The van der Waals surface area contributed by atoms with Gasteiger partial charge in [-0.2, -0.15) is 13.5 Å². The van der Waals surface area contributed by atoms with Crippen LogP contribution in [0.25, 0.3) is 0 Å². The summed E-state index contributed by atoms with van der Waals surface area (Å²) >= 11 is 4.86. The highest BCUT2D eigenvalue weighted by atomic mass is 79.9. The third-order valence-electron chi connectivity index (χ3n) is 1.59. The third-order valence-corrected chi connectivity index (χ3v) is 3.26. The van der Waals surface area contributed by atoms with Gasteiger partial charge in [0.2, 0.25) is 0 Å². The van der Waals surface area contributed by atoms with Crippen LogP contribution in [-0.4, -0.2) is 12.6 Å². The lowest BCUT2D eigenvalue weighted by molar-refractivity contribution is 0.164. The van der Waals surface area contributed by atoms with E-state index in [1.807, 2.05) is 56.4 Å². The molecule has 0 saturated carbocycles. The van der Waals surface area contributed by atoms with E-state index in [1.54, 1.807) is 0 Å².